The number of benzene rings is 1. The molecule has 0 spiro atoms. The monoisotopic (exact) mass is 172 g/mol. The van der Waals surface area contributed by atoms with Gasteiger partial charge in [0.25, 0.3) is 0 Å². The number of fused-ring (bicyclic) bond motifs is 1. The van der Waals surface area contributed by atoms with Gasteiger partial charge >= 0.3 is 0 Å². The summed E-state index contributed by atoms with van der Waals surface area (Å²) in [6, 6.07) is 8.35. The minimum atomic E-state index is 1.21. The summed E-state index contributed by atoms with van der Waals surface area (Å²) >= 11 is 1.75. The maximum atomic E-state index is 3.57. The molecule has 58 valence electrons. The van der Waals surface area contributed by atoms with E-state index in [1.54, 1.807) is 11.3 Å². The third-order valence-corrected chi connectivity index (χ3v) is 2.75. The molecular formula is C11H8S. The number of hydrogen-bond acceptors (Lipinski definition) is 1. The van der Waals surface area contributed by atoms with E-state index in [9.17, 15) is 0 Å². The Kier molecular flexibility index (Phi) is 1.83. The van der Waals surface area contributed by atoms with E-state index >= 15 is 0 Å². The molecule has 0 amide bonds. The largest absolute Gasteiger partial charge is 0.143 e. The third kappa shape index (κ3) is 1.10. The van der Waals surface area contributed by atoms with Crippen molar-refractivity contribution in [3.8, 4) is 0 Å². The van der Waals surface area contributed by atoms with Gasteiger partial charge in [-0.05, 0) is 17.5 Å². The Morgan fingerprint density at radius 2 is 2.17 bits per heavy atom. The van der Waals surface area contributed by atoms with Crippen molar-refractivity contribution < 1.29 is 0 Å². The highest BCUT2D eigenvalue weighted by molar-refractivity contribution is 7.17. The summed E-state index contributed by atoms with van der Waals surface area (Å²) in [7, 11) is 0. The highest BCUT2D eigenvalue weighted by atomic mass is 32.1. The molecule has 0 N–H and O–H groups in total. The van der Waals surface area contributed by atoms with Crippen molar-refractivity contribution in [1.29, 1.82) is 0 Å². The zero-order chi connectivity index (χ0) is 8.39. The summed E-state index contributed by atoms with van der Waals surface area (Å²) in [5.41, 5.74) is 4.01. The van der Waals surface area contributed by atoms with Crippen LogP contribution in [0.2, 0.25) is 0 Å². The second-order valence-electron chi connectivity index (χ2n) is 2.54. The average molecular weight is 172 g/mol. The minimum absolute atomic E-state index is 1.21. The lowest BCUT2D eigenvalue weighted by atomic mass is 10.2. The third-order valence-electron chi connectivity index (χ3n) is 1.77. The van der Waals surface area contributed by atoms with Crippen LogP contribution in [0.1, 0.15) is 5.56 Å². The van der Waals surface area contributed by atoms with Gasteiger partial charge in [-0.1, -0.05) is 24.8 Å². The standard InChI is InChI=1S/C11H8S/c1-2-5-9-8-12-11-7-4-3-6-10(9)11/h3-8H,1H2. The molecule has 0 unspecified atom stereocenters. The molecule has 0 fully saturated rings. The molecular weight excluding hydrogens is 164 g/mol. The number of rotatable bonds is 1. The van der Waals surface area contributed by atoms with Gasteiger partial charge in [0.2, 0.25) is 0 Å². The zero-order valence-corrected chi connectivity index (χ0v) is 7.40. The van der Waals surface area contributed by atoms with E-state index in [0.29, 0.717) is 0 Å². The Balaban J connectivity index is 2.78. The van der Waals surface area contributed by atoms with Crippen LogP contribution >= 0.6 is 11.3 Å². The molecule has 2 aromatic rings. The molecule has 0 aliphatic heterocycles. The first-order valence-electron chi connectivity index (χ1n) is 3.74. The van der Waals surface area contributed by atoms with Crippen molar-refractivity contribution in [1.82, 2.24) is 0 Å². The normalized spacial score (nSPS) is 9.67. The van der Waals surface area contributed by atoms with Gasteiger partial charge in [0.1, 0.15) is 0 Å². The Bertz CT molecular complexity index is 445. The van der Waals surface area contributed by atoms with Gasteiger partial charge < -0.3 is 0 Å². The first kappa shape index (κ1) is 7.35. The van der Waals surface area contributed by atoms with Crippen LogP contribution in [0.4, 0.5) is 0 Å². The molecule has 1 heteroatoms. The Hall–Kier alpha value is -1.30. The van der Waals surface area contributed by atoms with Crippen LogP contribution in [0.25, 0.3) is 16.2 Å². The van der Waals surface area contributed by atoms with E-state index in [4.69, 9.17) is 0 Å². The Labute approximate surface area is 75.5 Å². The fourth-order valence-electron chi connectivity index (χ4n) is 1.22. The highest BCUT2D eigenvalue weighted by Gasteiger charge is 1.97. The van der Waals surface area contributed by atoms with Crippen molar-refractivity contribution in [3.05, 3.63) is 47.5 Å². The van der Waals surface area contributed by atoms with Crippen molar-refractivity contribution in [2.24, 2.45) is 0 Å². The van der Waals surface area contributed by atoms with Crippen LogP contribution in [0, 0.1) is 0 Å². The van der Waals surface area contributed by atoms with E-state index in [1.165, 1.54) is 15.6 Å². The van der Waals surface area contributed by atoms with Gasteiger partial charge in [-0.2, -0.15) is 0 Å². The highest BCUT2D eigenvalue weighted by Crippen LogP contribution is 2.25. The van der Waals surface area contributed by atoms with Crippen molar-refractivity contribution in [2.45, 2.75) is 0 Å². The first-order valence-corrected chi connectivity index (χ1v) is 4.62. The number of hydrogen-bond donors (Lipinski definition) is 0. The molecule has 0 bridgehead atoms. The molecule has 1 aromatic heterocycles. The quantitative estimate of drug-likeness (QED) is 0.575. The SMILES string of the molecule is C=C=Cc1csc2ccccc12. The van der Waals surface area contributed by atoms with Crippen molar-refractivity contribution in [3.63, 3.8) is 0 Å². The molecule has 1 aromatic carbocycles. The van der Waals surface area contributed by atoms with E-state index in [1.807, 2.05) is 6.08 Å². The van der Waals surface area contributed by atoms with Crippen LogP contribution in [0.5, 0.6) is 0 Å². The topological polar surface area (TPSA) is 0 Å². The van der Waals surface area contributed by atoms with Gasteiger partial charge in [0.05, 0.1) is 0 Å². The second-order valence-corrected chi connectivity index (χ2v) is 3.45. The molecule has 0 saturated carbocycles. The summed E-state index contributed by atoms with van der Waals surface area (Å²) < 4.78 is 1.32. The van der Waals surface area contributed by atoms with Crippen LogP contribution in [0.15, 0.2) is 42.0 Å². The molecule has 0 nitrogen and oxygen atoms in total. The van der Waals surface area contributed by atoms with E-state index < -0.39 is 0 Å². The van der Waals surface area contributed by atoms with Crippen LogP contribution in [-0.2, 0) is 0 Å². The molecule has 0 atom stereocenters. The van der Waals surface area contributed by atoms with Crippen LogP contribution < -0.4 is 0 Å². The van der Waals surface area contributed by atoms with Gasteiger partial charge in [-0.25, -0.2) is 0 Å². The predicted octanol–water partition coefficient (Wildman–Crippen LogP) is 3.70. The molecule has 2 rings (SSSR count). The summed E-state index contributed by atoms with van der Waals surface area (Å²) in [5.74, 6) is 0. The molecule has 12 heavy (non-hydrogen) atoms. The van der Waals surface area contributed by atoms with Gasteiger partial charge in [0.15, 0.2) is 0 Å². The smallest absolute Gasteiger partial charge is 0.0349 e. The lowest BCUT2D eigenvalue weighted by Gasteiger charge is -1.87. The fourth-order valence-corrected chi connectivity index (χ4v) is 2.14. The van der Waals surface area contributed by atoms with Gasteiger partial charge in [-0.3, -0.25) is 0 Å². The molecule has 0 saturated heterocycles. The molecule has 1 heterocycles. The lowest BCUT2D eigenvalue weighted by Crippen LogP contribution is -1.64. The average Bonchev–Trinajstić information content (AvgIpc) is 2.50. The van der Waals surface area contributed by atoms with Crippen molar-refractivity contribution in [2.75, 3.05) is 0 Å². The summed E-state index contributed by atoms with van der Waals surface area (Å²) in [6.45, 7) is 3.57. The molecule has 0 radical (unpaired) electrons. The second kappa shape index (κ2) is 2.98. The first-order chi connectivity index (χ1) is 5.92. The number of thiophene rings is 1. The van der Waals surface area contributed by atoms with Crippen LogP contribution in [-0.4, -0.2) is 0 Å². The Morgan fingerprint density at radius 1 is 1.33 bits per heavy atom. The van der Waals surface area contributed by atoms with Crippen LogP contribution in [0.3, 0.4) is 0 Å². The summed E-state index contributed by atoms with van der Waals surface area (Å²) in [6.07, 6.45) is 1.92. The fraction of sp³-hybridized carbons (Fsp3) is 0. The van der Waals surface area contributed by atoms with Crippen molar-refractivity contribution >= 4 is 27.5 Å². The minimum Gasteiger partial charge on any atom is -0.143 e. The molecule has 0 aliphatic rings. The van der Waals surface area contributed by atoms with E-state index in [0.717, 1.165) is 0 Å². The van der Waals surface area contributed by atoms with Gasteiger partial charge in [0, 0.05) is 15.6 Å². The predicted molar refractivity (Wildman–Crippen MR) is 55.4 cm³/mol. The summed E-state index contributed by atoms with van der Waals surface area (Å²) in [5, 5.41) is 3.42. The maximum absolute atomic E-state index is 3.57. The lowest BCUT2D eigenvalue weighted by molar-refractivity contribution is 1.83. The maximum Gasteiger partial charge on any atom is 0.0349 e. The Morgan fingerprint density at radius 3 is 3.00 bits per heavy atom. The summed E-state index contributed by atoms with van der Waals surface area (Å²) in [4.78, 5) is 0. The van der Waals surface area contributed by atoms with E-state index in [-0.39, 0.29) is 0 Å². The molecule has 0 aliphatic carbocycles. The van der Waals surface area contributed by atoms with Gasteiger partial charge in [-0.15, -0.1) is 17.1 Å². The zero-order valence-electron chi connectivity index (χ0n) is 6.58. The van der Waals surface area contributed by atoms with E-state index in [2.05, 4.69) is 42.0 Å².